The molecule has 0 aromatic heterocycles. The number of methoxy groups -OCH3 is 1. The van der Waals surface area contributed by atoms with Crippen LogP contribution in [0.5, 0.6) is 5.75 Å². The van der Waals surface area contributed by atoms with Gasteiger partial charge in [0.1, 0.15) is 5.75 Å². The van der Waals surface area contributed by atoms with Crippen LogP contribution in [0.3, 0.4) is 0 Å². The van der Waals surface area contributed by atoms with Gasteiger partial charge in [0.2, 0.25) is 0 Å². The summed E-state index contributed by atoms with van der Waals surface area (Å²) in [6.07, 6.45) is 0. The molecule has 2 N–H and O–H groups in total. The minimum atomic E-state index is -0.387. The zero-order chi connectivity index (χ0) is 22.7. The molecule has 2 aromatic rings. The van der Waals surface area contributed by atoms with Crippen LogP contribution in [-0.2, 0) is 4.74 Å². The fourth-order valence-corrected chi connectivity index (χ4v) is 3.98. The Hall–Kier alpha value is -3.43. The zero-order valence-corrected chi connectivity index (χ0v) is 18.1. The Morgan fingerprint density at radius 3 is 2.44 bits per heavy atom. The number of rotatable bonds is 6. The molecule has 0 spiro atoms. The predicted octanol–water partition coefficient (Wildman–Crippen LogP) is 2.12. The molecule has 0 aliphatic carbocycles. The van der Waals surface area contributed by atoms with Crippen molar-refractivity contribution in [1.29, 1.82) is 0 Å². The van der Waals surface area contributed by atoms with Gasteiger partial charge in [0.25, 0.3) is 11.8 Å². The summed E-state index contributed by atoms with van der Waals surface area (Å²) in [7, 11) is 3.07. The number of hydrogen-bond donors (Lipinski definition) is 2. The highest BCUT2D eigenvalue weighted by Crippen LogP contribution is 2.26. The number of ether oxygens (including phenoxy) is 2. The number of urea groups is 1. The number of morpholine rings is 1. The summed E-state index contributed by atoms with van der Waals surface area (Å²) in [5.41, 5.74) is 2.15. The Labute approximate surface area is 186 Å². The maximum Gasteiger partial charge on any atom is 0.319 e. The molecule has 0 bridgehead atoms. The second kappa shape index (κ2) is 9.37. The Morgan fingerprint density at radius 1 is 1.06 bits per heavy atom. The molecular formula is C23H26N4O5. The molecule has 32 heavy (non-hydrogen) atoms. The van der Waals surface area contributed by atoms with E-state index in [0.717, 1.165) is 29.3 Å². The van der Waals surface area contributed by atoms with E-state index >= 15 is 0 Å². The molecule has 0 saturated carbocycles. The molecule has 9 heteroatoms. The van der Waals surface area contributed by atoms with E-state index in [9.17, 15) is 14.4 Å². The summed E-state index contributed by atoms with van der Waals surface area (Å²) in [5.74, 6) is 0.0604. The summed E-state index contributed by atoms with van der Waals surface area (Å²) in [4.78, 5) is 40.2. The minimum absolute atomic E-state index is 0.0246. The maximum atomic E-state index is 12.6. The van der Waals surface area contributed by atoms with Crippen molar-refractivity contribution in [3.05, 3.63) is 59.2 Å². The van der Waals surface area contributed by atoms with Crippen molar-refractivity contribution >= 4 is 23.5 Å². The highest BCUT2D eigenvalue weighted by molar-refractivity contribution is 6.21. The molecular weight excluding hydrogens is 412 g/mol. The zero-order valence-electron chi connectivity index (χ0n) is 18.1. The van der Waals surface area contributed by atoms with E-state index in [0.29, 0.717) is 36.6 Å². The monoisotopic (exact) mass is 438 g/mol. The molecule has 1 saturated heterocycles. The normalized spacial score (nSPS) is 17.1. The molecule has 1 atom stereocenters. The van der Waals surface area contributed by atoms with Crippen LogP contribution >= 0.6 is 0 Å². The van der Waals surface area contributed by atoms with Gasteiger partial charge in [-0.25, -0.2) is 4.79 Å². The van der Waals surface area contributed by atoms with Gasteiger partial charge in [-0.05, 0) is 35.9 Å². The summed E-state index contributed by atoms with van der Waals surface area (Å²) in [6, 6.07) is 12.1. The molecule has 0 unspecified atom stereocenters. The van der Waals surface area contributed by atoms with Gasteiger partial charge >= 0.3 is 6.03 Å². The number of imide groups is 1. The fourth-order valence-electron chi connectivity index (χ4n) is 3.98. The summed E-state index contributed by atoms with van der Waals surface area (Å²) < 4.78 is 10.7. The van der Waals surface area contributed by atoms with Gasteiger partial charge in [0, 0.05) is 32.4 Å². The second-order valence-electron chi connectivity index (χ2n) is 7.70. The molecule has 2 aliphatic rings. The summed E-state index contributed by atoms with van der Waals surface area (Å²) in [6.45, 7) is 3.23. The first-order valence-corrected chi connectivity index (χ1v) is 10.4. The smallest absolute Gasteiger partial charge is 0.319 e. The molecule has 4 amide bonds. The summed E-state index contributed by atoms with van der Waals surface area (Å²) in [5, 5.41) is 5.68. The van der Waals surface area contributed by atoms with Crippen molar-refractivity contribution in [2.24, 2.45) is 0 Å². The predicted molar refractivity (Wildman–Crippen MR) is 118 cm³/mol. The Kier molecular flexibility index (Phi) is 6.38. The quantitative estimate of drug-likeness (QED) is 0.670. The van der Waals surface area contributed by atoms with Crippen molar-refractivity contribution in [2.75, 3.05) is 52.3 Å². The number of anilines is 1. The van der Waals surface area contributed by atoms with E-state index in [4.69, 9.17) is 9.47 Å². The van der Waals surface area contributed by atoms with Gasteiger partial charge in [-0.1, -0.05) is 12.1 Å². The van der Waals surface area contributed by atoms with E-state index in [1.54, 1.807) is 19.2 Å². The Bertz CT molecular complexity index is 1020. The van der Waals surface area contributed by atoms with Gasteiger partial charge < -0.3 is 20.1 Å². The first-order chi connectivity index (χ1) is 15.5. The number of carbonyl (C=O) groups excluding carboxylic acids is 3. The van der Waals surface area contributed by atoms with Crippen LogP contribution in [0.25, 0.3) is 0 Å². The van der Waals surface area contributed by atoms with E-state index in [-0.39, 0.29) is 23.9 Å². The van der Waals surface area contributed by atoms with Crippen molar-refractivity contribution in [3.63, 3.8) is 0 Å². The first kappa shape index (κ1) is 21.8. The third-order valence-corrected chi connectivity index (χ3v) is 5.79. The first-order valence-electron chi connectivity index (χ1n) is 10.4. The van der Waals surface area contributed by atoms with Crippen LogP contribution < -0.4 is 15.4 Å². The lowest BCUT2D eigenvalue weighted by Crippen LogP contribution is -2.44. The molecule has 2 aliphatic heterocycles. The van der Waals surface area contributed by atoms with Crippen LogP contribution in [0.2, 0.25) is 0 Å². The number of amides is 4. The van der Waals surface area contributed by atoms with Crippen LogP contribution in [0.4, 0.5) is 10.5 Å². The lowest BCUT2D eigenvalue weighted by Gasteiger charge is -2.35. The molecule has 1 fully saturated rings. The molecule has 4 rings (SSSR count). The van der Waals surface area contributed by atoms with Crippen LogP contribution in [0.1, 0.15) is 32.3 Å². The molecule has 168 valence electrons. The van der Waals surface area contributed by atoms with Crippen LogP contribution in [-0.4, -0.2) is 74.7 Å². The largest absolute Gasteiger partial charge is 0.497 e. The van der Waals surface area contributed by atoms with E-state index in [1.165, 1.54) is 13.1 Å². The van der Waals surface area contributed by atoms with E-state index < -0.39 is 0 Å². The number of fused-ring (bicyclic) bond motifs is 1. The Balaban J connectivity index is 1.43. The second-order valence-corrected chi connectivity index (χ2v) is 7.70. The van der Waals surface area contributed by atoms with Gasteiger partial charge in [-0.15, -0.1) is 0 Å². The molecule has 2 aromatic carbocycles. The summed E-state index contributed by atoms with van der Waals surface area (Å²) >= 11 is 0. The molecule has 0 radical (unpaired) electrons. The average molecular weight is 438 g/mol. The highest BCUT2D eigenvalue weighted by atomic mass is 16.5. The van der Waals surface area contributed by atoms with Gasteiger partial charge in [0.15, 0.2) is 0 Å². The fraction of sp³-hybridized carbons (Fsp3) is 0.348. The highest BCUT2D eigenvalue weighted by Gasteiger charge is 2.32. The third-order valence-electron chi connectivity index (χ3n) is 5.79. The van der Waals surface area contributed by atoms with Crippen molar-refractivity contribution in [2.45, 2.75) is 6.04 Å². The van der Waals surface area contributed by atoms with E-state index in [2.05, 4.69) is 15.5 Å². The average Bonchev–Trinajstić information content (AvgIpc) is 3.04. The number of nitrogens with one attached hydrogen (secondary N) is 2. The topological polar surface area (TPSA) is 100 Å². The standard InChI is InChI=1S/C23H26N4O5/c1-26-21(28)18-8-5-16(13-19(18)22(26)29)25-23(30)24-14-20(27-9-11-32-12-10-27)15-3-6-17(31-2)7-4-15/h3-8,13,20H,9-12,14H2,1-2H3,(H2,24,25,30)/t20-/m0/s1. The van der Waals surface area contributed by atoms with Gasteiger partial charge in [-0.2, -0.15) is 0 Å². The van der Waals surface area contributed by atoms with Crippen LogP contribution in [0, 0.1) is 0 Å². The van der Waals surface area contributed by atoms with Crippen molar-refractivity contribution < 1.29 is 23.9 Å². The number of hydrogen-bond acceptors (Lipinski definition) is 6. The number of carbonyl (C=O) groups is 3. The van der Waals surface area contributed by atoms with Gasteiger partial charge in [-0.3, -0.25) is 19.4 Å². The maximum absolute atomic E-state index is 12.6. The lowest BCUT2D eigenvalue weighted by atomic mass is 10.0. The molecule has 2 heterocycles. The SMILES string of the molecule is COc1ccc([C@H](CNC(=O)Nc2ccc3c(c2)C(=O)N(C)C3=O)N2CCOCC2)cc1. The van der Waals surface area contributed by atoms with Crippen molar-refractivity contribution in [1.82, 2.24) is 15.1 Å². The van der Waals surface area contributed by atoms with E-state index in [1.807, 2.05) is 24.3 Å². The molecule has 9 nitrogen and oxygen atoms in total. The minimum Gasteiger partial charge on any atom is -0.497 e. The Morgan fingerprint density at radius 2 is 1.75 bits per heavy atom. The van der Waals surface area contributed by atoms with Crippen molar-refractivity contribution in [3.8, 4) is 5.75 Å². The lowest BCUT2D eigenvalue weighted by molar-refractivity contribution is 0.0167. The number of nitrogens with zero attached hydrogens (tertiary/aromatic N) is 2. The third kappa shape index (κ3) is 4.44. The number of benzene rings is 2. The van der Waals surface area contributed by atoms with Crippen LogP contribution in [0.15, 0.2) is 42.5 Å². The van der Waals surface area contributed by atoms with Gasteiger partial charge in [0.05, 0.1) is 37.5 Å².